The van der Waals surface area contributed by atoms with Crippen LogP contribution >= 0.6 is 0 Å². The van der Waals surface area contributed by atoms with Crippen molar-refractivity contribution in [2.75, 3.05) is 0 Å². The highest BCUT2D eigenvalue weighted by molar-refractivity contribution is 5.22. The second kappa shape index (κ2) is 5.89. The minimum atomic E-state index is -0.509. The second-order valence-electron chi connectivity index (χ2n) is 3.95. The van der Waals surface area contributed by atoms with E-state index >= 15 is 0 Å². The molecule has 1 rings (SSSR count). The average Bonchev–Trinajstić information content (AvgIpc) is 2.30. The van der Waals surface area contributed by atoms with Gasteiger partial charge in [-0.3, -0.25) is 5.26 Å². The van der Waals surface area contributed by atoms with Crippen molar-refractivity contribution in [1.29, 1.82) is 0 Å². The SMILES string of the molecule is CCCC(CCC)(OO)c1ccccc1. The Bertz CT molecular complexity index is 263. The van der Waals surface area contributed by atoms with Crippen molar-refractivity contribution in [2.24, 2.45) is 0 Å². The normalized spacial score (nSPS) is 11.7. The minimum absolute atomic E-state index is 0.509. The van der Waals surface area contributed by atoms with Crippen LogP contribution < -0.4 is 0 Å². The van der Waals surface area contributed by atoms with Gasteiger partial charge in [0.25, 0.3) is 0 Å². The summed E-state index contributed by atoms with van der Waals surface area (Å²) in [6.45, 7) is 4.21. The van der Waals surface area contributed by atoms with Crippen LogP contribution in [-0.2, 0) is 10.5 Å². The molecule has 1 aromatic carbocycles. The Labute approximate surface area is 91.8 Å². The topological polar surface area (TPSA) is 29.5 Å². The molecule has 0 unspecified atom stereocenters. The van der Waals surface area contributed by atoms with Crippen LogP contribution in [0.3, 0.4) is 0 Å². The molecule has 0 radical (unpaired) electrons. The van der Waals surface area contributed by atoms with Crippen LogP contribution in [0.5, 0.6) is 0 Å². The highest BCUT2D eigenvalue weighted by Crippen LogP contribution is 2.34. The van der Waals surface area contributed by atoms with E-state index in [0.717, 1.165) is 31.2 Å². The van der Waals surface area contributed by atoms with Crippen LogP contribution in [0.1, 0.15) is 45.1 Å². The molecule has 0 heterocycles. The van der Waals surface area contributed by atoms with E-state index in [4.69, 9.17) is 4.89 Å². The maximum Gasteiger partial charge on any atom is 0.128 e. The van der Waals surface area contributed by atoms with Crippen molar-refractivity contribution < 1.29 is 10.1 Å². The van der Waals surface area contributed by atoms with Crippen LogP contribution in [0.4, 0.5) is 0 Å². The molecule has 0 aliphatic carbocycles. The molecule has 0 saturated heterocycles. The standard InChI is InChI=1S/C13H20O2/c1-3-10-13(15-14,11-4-2)12-8-6-5-7-9-12/h5-9,14H,3-4,10-11H2,1-2H3. The molecule has 84 valence electrons. The van der Waals surface area contributed by atoms with Crippen molar-refractivity contribution >= 4 is 0 Å². The first-order valence-electron chi connectivity index (χ1n) is 5.67. The summed E-state index contributed by atoms with van der Waals surface area (Å²) in [7, 11) is 0. The summed E-state index contributed by atoms with van der Waals surface area (Å²) in [5.41, 5.74) is 0.557. The van der Waals surface area contributed by atoms with Crippen molar-refractivity contribution in [3.63, 3.8) is 0 Å². The van der Waals surface area contributed by atoms with E-state index in [2.05, 4.69) is 13.8 Å². The van der Waals surface area contributed by atoms with Gasteiger partial charge in [0.05, 0.1) is 0 Å². The zero-order valence-electron chi connectivity index (χ0n) is 9.57. The van der Waals surface area contributed by atoms with Crippen molar-refractivity contribution in [3.05, 3.63) is 35.9 Å². The van der Waals surface area contributed by atoms with Crippen LogP contribution in [-0.4, -0.2) is 5.26 Å². The lowest BCUT2D eigenvalue weighted by Crippen LogP contribution is -2.28. The lowest BCUT2D eigenvalue weighted by Gasteiger charge is -2.30. The maximum atomic E-state index is 9.19. The van der Waals surface area contributed by atoms with Crippen LogP contribution in [0.2, 0.25) is 0 Å². The van der Waals surface area contributed by atoms with Gasteiger partial charge in [-0.15, -0.1) is 0 Å². The van der Waals surface area contributed by atoms with Gasteiger partial charge in [-0.05, 0) is 18.4 Å². The molecule has 1 aromatic rings. The summed E-state index contributed by atoms with van der Waals surface area (Å²) in [6.07, 6.45) is 3.69. The van der Waals surface area contributed by atoms with Crippen LogP contribution in [0.25, 0.3) is 0 Å². The van der Waals surface area contributed by atoms with Crippen molar-refractivity contribution in [1.82, 2.24) is 0 Å². The maximum absolute atomic E-state index is 9.19. The van der Waals surface area contributed by atoms with Gasteiger partial charge in [0, 0.05) is 0 Å². The monoisotopic (exact) mass is 208 g/mol. The first-order valence-corrected chi connectivity index (χ1v) is 5.67. The average molecular weight is 208 g/mol. The zero-order valence-corrected chi connectivity index (χ0v) is 9.57. The molecule has 0 aliphatic heterocycles. The third-order valence-corrected chi connectivity index (χ3v) is 2.78. The molecule has 1 N–H and O–H groups in total. The Morgan fingerprint density at radius 3 is 2.00 bits per heavy atom. The molecule has 0 aromatic heterocycles. The van der Waals surface area contributed by atoms with Crippen LogP contribution in [0.15, 0.2) is 30.3 Å². The summed E-state index contributed by atoms with van der Waals surface area (Å²) in [5, 5.41) is 9.19. The molecular formula is C13H20O2. The van der Waals surface area contributed by atoms with E-state index in [1.54, 1.807) is 0 Å². The Morgan fingerprint density at radius 2 is 1.60 bits per heavy atom. The molecule has 0 fully saturated rings. The quantitative estimate of drug-likeness (QED) is 0.566. The molecule has 0 atom stereocenters. The first kappa shape index (κ1) is 12.2. The molecule has 0 bridgehead atoms. The fraction of sp³-hybridized carbons (Fsp3) is 0.538. The van der Waals surface area contributed by atoms with E-state index in [1.807, 2.05) is 30.3 Å². The van der Waals surface area contributed by atoms with Crippen LogP contribution in [0, 0.1) is 0 Å². The van der Waals surface area contributed by atoms with E-state index in [-0.39, 0.29) is 0 Å². The number of benzene rings is 1. The van der Waals surface area contributed by atoms with Crippen molar-refractivity contribution in [3.8, 4) is 0 Å². The lowest BCUT2D eigenvalue weighted by atomic mass is 9.85. The van der Waals surface area contributed by atoms with Gasteiger partial charge in [0.2, 0.25) is 0 Å². The molecule has 0 saturated carbocycles. The third kappa shape index (κ3) is 2.80. The summed E-state index contributed by atoms with van der Waals surface area (Å²) >= 11 is 0. The molecule has 0 amide bonds. The molecule has 15 heavy (non-hydrogen) atoms. The Kier molecular flexibility index (Phi) is 4.79. The van der Waals surface area contributed by atoms with Crippen molar-refractivity contribution in [2.45, 2.75) is 45.1 Å². The number of hydrogen-bond acceptors (Lipinski definition) is 2. The lowest BCUT2D eigenvalue weighted by molar-refractivity contribution is -0.334. The van der Waals surface area contributed by atoms with E-state index < -0.39 is 5.60 Å². The molecular weight excluding hydrogens is 188 g/mol. The molecule has 2 nitrogen and oxygen atoms in total. The van der Waals surface area contributed by atoms with E-state index in [1.165, 1.54) is 0 Å². The van der Waals surface area contributed by atoms with Gasteiger partial charge in [0.1, 0.15) is 5.60 Å². The smallest absolute Gasteiger partial charge is 0.128 e. The fourth-order valence-electron chi connectivity index (χ4n) is 2.11. The van der Waals surface area contributed by atoms with Gasteiger partial charge >= 0.3 is 0 Å². The summed E-state index contributed by atoms with van der Waals surface area (Å²) < 4.78 is 0. The largest absolute Gasteiger partial charge is 0.251 e. The third-order valence-electron chi connectivity index (χ3n) is 2.78. The minimum Gasteiger partial charge on any atom is -0.251 e. The van der Waals surface area contributed by atoms with Gasteiger partial charge in [-0.25, -0.2) is 4.89 Å². The van der Waals surface area contributed by atoms with E-state index in [0.29, 0.717) is 0 Å². The Morgan fingerprint density at radius 1 is 1.07 bits per heavy atom. The van der Waals surface area contributed by atoms with Gasteiger partial charge < -0.3 is 0 Å². The van der Waals surface area contributed by atoms with Gasteiger partial charge in [0.15, 0.2) is 0 Å². The summed E-state index contributed by atoms with van der Waals surface area (Å²) in [5.74, 6) is 0. The number of rotatable bonds is 6. The van der Waals surface area contributed by atoms with Gasteiger partial charge in [-0.1, -0.05) is 57.0 Å². The highest BCUT2D eigenvalue weighted by atomic mass is 17.1. The van der Waals surface area contributed by atoms with Gasteiger partial charge in [-0.2, -0.15) is 0 Å². The highest BCUT2D eigenvalue weighted by Gasteiger charge is 2.31. The Hall–Kier alpha value is -0.860. The molecule has 0 aliphatic rings. The fourth-order valence-corrected chi connectivity index (χ4v) is 2.11. The second-order valence-corrected chi connectivity index (χ2v) is 3.95. The number of hydrogen-bond donors (Lipinski definition) is 1. The Balaban J connectivity index is 2.97. The predicted octanol–water partition coefficient (Wildman–Crippen LogP) is 3.97. The summed E-state index contributed by atoms with van der Waals surface area (Å²) in [4.78, 5) is 4.80. The van der Waals surface area contributed by atoms with E-state index in [9.17, 15) is 5.26 Å². The predicted molar refractivity (Wildman–Crippen MR) is 61.6 cm³/mol. The summed E-state index contributed by atoms with van der Waals surface area (Å²) in [6, 6.07) is 9.97. The molecule has 2 heteroatoms. The molecule has 0 spiro atoms. The first-order chi connectivity index (χ1) is 7.29. The zero-order chi connectivity index (χ0) is 11.1.